The molecular formula is C27H23FN2O4. The molecule has 5 rings (SSSR count). The van der Waals surface area contributed by atoms with E-state index < -0.39 is 5.82 Å². The molecule has 34 heavy (non-hydrogen) atoms. The lowest BCUT2D eigenvalue weighted by atomic mass is 10.0. The van der Waals surface area contributed by atoms with Crippen LogP contribution in [-0.4, -0.2) is 31.2 Å². The largest absolute Gasteiger partial charge is 0.493 e. The summed E-state index contributed by atoms with van der Waals surface area (Å²) in [5.74, 6) is 1.03. The Hall–Kier alpha value is -4.13. The molecule has 1 aromatic heterocycles. The quantitative estimate of drug-likeness (QED) is 0.382. The van der Waals surface area contributed by atoms with E-state index >= 15 is 0 Å². The van der Waals surface area contributed by atoms with Crippen LogP contribution in [0.15, 0.2) is 66.9 Å². The second kappa shape index (κ2) is 9.02. The highest BCUT2D eigenvalue weighted by atomic mass is 19.1. The molecule has 1 saturated carbocycles. The first kappa shape index (κ1) is 21.7. The number of carbonyl (C=O) groups is 1. The minimum atomic E-state index is -0.501. The Bertz CT molecular complexity index is 1370. The molecule has 1 heterocycles. The third kappa shape index (κ3) is 4.37. The highest BCUT2D eigenvalue weighted by Gasteiger charge is 2.23. The molecule has 3 aromatic carbocycles. The van der Waals surface area contributed by atoms with Crippen LogP contribution in [0.4, 0.5) is 4.39 Å². The molecule has 172 valence electrons. The van der Waals surface area contributed by atoms with Gasteiger partial charge in [0.05, 0.1) is 19.7 Å². The van der Waals surface area contributed by atoms with Crippen LogP contribution < -0.4 is 19.5 Å². The maximum Gasteiger partial charge on any atom is 0.251 e. The van der Waals surface area contributed by atoms with E-state index in [1.54, 1.807) is 62.9 Å². The summed E-state index contributed by atoms with van der Waals surface area (Å²) in [7, 11) is 3.10. The van der Waals surface area contributed by atoms with Gasteiger partial charge in [0.15, 0.2) is 23.1 Å². The van der Waals surface area contributed by atoms with Crippen LogP contribution in [0.25, 0.3) is 22.0 Å². The zero-order chi connectivity index (χ0) is 23.7. The minimum absolute atomic E-state index is 0.0807. The van der Waals surface area contributed by atoms with Crippen LogP contribution in [0.1, 0.15) is 23.2 Å². The number of rotatable bonds is 7. The molecule has 1 N–H and O–H groups in total. The molecule has 0 atom stereocenters. The fourth-order valence-corrected chi connectivity index (χ4v) is 3.73. The van der Waals surface area contributed by atoms with E-state index in [4.69, 9.17) is 14.2 Å². The average molecular weight is 458 g/mol. The number of pyridine rings is 1. The van der Waals surface area contributed by atoms with E-state index in [0.717, 1.165) is 18.4 Å². The average Bonchev–Trinajstić information content (AvgIpc) is 3.68. The van der Waals surface area contributed by atoms with E-state index in [2.05, 4.69) is 10.3 Å². The fraction of sp³-hybridized carbons (Fsp3) is 0.185. The highest BCUT2D eigenvalue weighted by Crippen LogP contribution is 2.38. The number of ether oxygens (including phenoxy) is 3. The van der Waals surface area contributed by atoms with Crippen LogP contribution in [-0.2, 0) is 0 Å². The van der Waals surface area contributed by atoms with Gasteiger partial charge in [0.1, 0.15) is 5.75 Å². The van der Waals surface area contributed by atoms with Gasteiger partial charge in [-0.25, -0.2) is 4.39 Å². The Kier molecular flexibility index (Phi) is 5.76. The van der Waals surface area contributed by atoms with Gasteiger partial charge in [0.2, 0.25) is 0 Å². The van der Waals surface area contributed by atoms with Gasteiger partial charge in [-0.2, -0.15) is 0 Å². The van der Waals surface area contributed by atoms with Gasteiger partial charge in [0.25, 0.3) is 5.91 Å². The first-order valence-corrected chi connectivity index (χ1v) is 10.9. The monoisotopic (exact) mass is 458 g/mol. The lowest BCUT2D eigenvalue weighted by molar-refractivity contribution is 0.0951. The summed E-state index contributed by atoms with van der Waals surface area (Å²) in [6.07, 6.45) is 3.67. The van der Waals surface area contributed by atoms with E-state index in [0.29, 0.717) is 45.3 Å². The van der Waals surface area contributed by atoms with Gasteiger partial charge in [-0.1, -0.05) is 18.2 Å². The predicted molar refractivity (Wildman–Crippen MR) is 127 cm³/mol. The molecule has 7 heteroatoms. The zero-order valence-corrected chi connectivity index (χ0v) is 18.8. The van der Waals surface area contributed by atoms with Crippen molar-refractivity contribution in [3.8, 4) is 34.1 Å². The third-order valence-corrected chi connectivity index (χ3v) is 5.75. The van der Waals surface area contributed by atoms with E-state index in [1.807, 2.05) is 12.1 Å². The summed E-state index contributed by atoms with van der Waals surface area (Å²) in [6, 6.07) is 17.4. The molecule has 1 aliphatic carbocycles. The summed E-state index contributed by atoms with van der Waals surface area (Å²) in [5, 5.41) is 3.63. The molecule has 1 aliphatic rings. The Balaban J connectivity index is 1.39. The van der Waals surface area contributed by atoms with Crippen LogP contribution in [0, 0.1) is 5.82 Å². The SMILES string of the molecule is COc1cc2nccc(Oc3ccc(-c4ccc(C(=O)NC5CC5)cc4)cc3F)c2cc1OC. The molecule has 0 bridgehead atoms. The second-order valence-corrected chi connectivity index (χ2v) is 8.11. The molecular weight excluding hydrogens is 435 g/mol. The third-order valence-electron chi connectivity index (χ3n) is 5.75. The summed E-state index contributed by atoms with van der Waals surface area (Å²) >= 11 is 0. The van der Waals surface area contributed by atoms with Crippen molar-refractivity contribution in [1.29, 1.82) is 0 Å². The molecule has 1 fully saturated rings. The lowest BCUT2D eigenvalue weighted by Crippen LogP contribution is -2.25. The van der Waals surface area contributed by atoms with Crippen LogP contribution in [0.5, 0.6) is 23.0 Å². The number of amides is 1. The highest BCUT2D eigenvalue weighted by molar-refractivity contribution is 5.95. The van der Waals surface area contributed by atoms with Crippen molar-refractivity contribution in [3.63, 3.8) is 0 Å². The van der Waals surface area contributed by atoms with Gasteiger partial charge in [0, 0.05) is 29.3 Å². The fourth-order valence-electron chi connectivity index (χ4n) is 3.73. The molecule has 4 aromatic rings. The summed E-state index contributed by atoms with van der Waals surface area (Å²) < 4.78 is 31.6. The van der Waals surface area contributed by atoms with Crippen molar-refractivity contribution in [2.24, 2.45) is 0 Å². The number of fused-ring (bicyclic) bond motifs is 1. The Morgan fingerprint density at radius 1 is 0.882 bits per heavy atom. The number of nitrogens with zero attached hydrogens (tertiary/aromatic N) is 1. The van der Waals surface area contributed by atoms with Crippen LogP contribution >= 0.6 is 0 Å². The molecule has 1 amide bonds. The standard InChI is InChI=1S/C27H23FN2O4/c1-32-25-14-20-22(15-26(25)33-2)29-12-11-23(20)34-24-10-7-18(13-21(24)28)16-3-5-17(6-4-16)27(31)30-19-8-9-19/h3-7,10-15,19H,8-9H2,1-2H3,(H,30,31). The number of aromatic nitrogens is 1. The first-order valence-electron chi connectivity index (χ1n) is 10.9. The molecule has 0 unspecified atom stereocenters. The van der Waals surface area contributed by atoms with Gasteiger partial charge >= 0.3 is 0 Å². The smallest absolute Gasteiger partial charge is 0.251 e. The van der Waals surface area contributed by atoms with Crippen LogP contribution in [0.2, 0.25) is 0 Å². The number of hydrogen-bond donors (Lipinski definition) is 1. The minimum Gasteiger partial charge on any atom is -0.493 e. The second-order valence-electron chi connectivity index (χ2n) is 8.11. The number of nitrogens with one attached hydrogen (secondary N) is 1. The normalized spacial score (nSPS) is 12.9. The topological polar surface area (TPSA) is 69.7 Å². The molecule has 0 saturated heterocycles. The maximum absolute atomic E-state index is 15.0. The Labute approximate surface area is 196 Å². The Morgan fingerprint density at radius 3 is 2.26 bits per heavy atom. The van der Waals surface area contributed by atoms with Crippen molar-refractivity contribution in [2.75, 3.05) is 14.2 Å². The van der Waals surface area contributed by atoms with Gasteiger partial charge in [-0.15, -0.1) is 0 Å². The van der Waals surface area contributed by atoms with Gasteiger partial charge in [-0.05, 0) is 60.4 Å². The number of carbonyl (C=O) groups excluding carboxylic acids is 1. The predicted octanol–water partition coefficient (Wildman–Crippen LogP) is 5.74. The molecule has 0 radical (unpaired) electrons. The lowest BCUT2D eigenvalue weighted by Gasteiger charge is -2.13. The van der Waals surface area contributed by atoms with Gasteiger partial charge < -0.3 is 19.5 Å². The molecule has 0 spiro atoms. The zero-order valence-electron chi connectivity index (χ0n) is 18.8. The summed E-state index contributed by atoms with van der Waals surface area (Å²) in [6.45, 7) is 0. The number of methoxy groups -OCH3 is 2. The van der Waals surface area contributed by atoms with E-state index in [-0.39, 0.29) is 11.7 Å². The van der Waals surface area contributed by atoms with E-state index in [9.17, 15) is 9.18 Å². The van der Waals surface area contributed by atoms with Crippen molar-refractivity contribution in [3.05, 3.63) is 78.2 Å². The molecule has 6 nitrogen and oxygen atoms in total. The number of halogens is 1. The summed E-state index contributed by atoms with van der Waals surface area (Å²) in [5.41, 5.74) is 2.72. The maximum atomic E-state index is 15.0. The van der Waals surface area contributed by atoms with Crippen molar-refractivity contribution in [1.82, 2.24) is 10.3 Å². The van der Waals surface area contributed by atoms with Crippen molar-refractivity contribution < 1.29 is 23.4 Å². The van der Waals surface area contributed by atoms with Crippen molar-refractivity contribution in [2.45, 2.75) is 18.9 Å². The summed E-state index contributed by atoms with van der Waals surface area (Å²) in [4.78, 5) is 16.5. The number of hydrogen-bond acceptors (Lipinski definition) is 5. The van der Waals surface area contributed by atoms with Gasteiger partial charge in [-0.3, -0.25) is 9.78 Å². The Morgan fingerprint density at radius 2 is 1.59 bits per heavy atom. The van der Waals surface area contributed by atoms with Crippen LogP contribution in [0.3, 0.4) is 0 Å². The van der Waals surface area contributed by atoms with E-state index in [1.165, 1.54) is 6.07 Å². The molecule has 0 aliphatic heterocycles. The number of benzene rings is 3. The first-order chi connectivity index (χ1) is 16.6. The van der Waals surface area contributed by atoms with Crippen molar-refractivity contribution >= 4 is 16.8 Å².